The molecule has 0 radical (unpaired) electrons. The van der Waals surface area contributed by atoms with Crippen LogP contribution >= 0.6 is 0 Å². The van der Waals surface area contributed by atoms with E-state index in [1.54, 1.807) is 13.1 Å². The van der Waals surface area contributed by atoms with Crippen molar-refractivity contribution in [3.63, 3.8) is 0 Å². The fourth-order valence-corrected chi connectivity index (χ4v) is 3.32. The van der Waals surface area contributed by atoms with E-state index in [0.717, 1.165) is 19.5 Å². The predicted molar refractivity (Wildman–Crippen MR) is 72.3 cm³/mol. The number of sulfonamides is 1. The molecule has 108 valence electrons. The van der Waals surface area contributed by atoms with Crippen LogP contribution < -0.4 is 10.0 Å². The molecular weight excluding hydrogens is 266 g/mol. The average molecular weight is 287 g/mol. The summed E-state index contributed by atoms with van der Waals surface area (Å²) < 4.78 is 32.0. The molecule has 7 heteroatoms. The zero-order chi connectivity index (χ0) is 13.9. The normalized spacial score (nSPS) is 21.1. The van der Waals surface area contributed by atoms with Gasteiger partial charge >= 0.3 is 0 Å². The van der Waals surface area contributed by atoms with Crippen molar-refractivity contribution in [3.8, 4) is 0 Å². The molecule has 6 nitrogen and oxygen atoms in total. The van der Waals surface area contributed by atoms with E-state index in [4.69, 9.17) is 4.42 Å². The molecule has 1 fully saturated rings. The summed E-state index contributed by atoms with van der Waals surface area (Å²) in [6, 6.07) is 3.17. The van der Waals surface area contributed by atoms with Gasteiger partial charge in [0, 0.05) is 13.1 Å². The van der Waals surface area contributed by atoms with Crippen LogP contribution in [0, 0.1) is 5.92 Å². The Kier molecular flexibility index (Phi) is 4.62. The van der Waals surface area contributed by atoms with E-state index in [1.165, 1.54) is 6.07 Å². The second-order valence-electron chi connectivity index (χ2n) is 5.02. The summed E-state index contributed by atoms with van der Waals surface area (Å²) >= 11 is 0. The van der Waals surface area contributed by atoms with Crippen LogP contribution in [-0.4, -0.2) is 47.0 Å². The van der Waals surface area contributed by atoms with E-state index in [1.807, 2.05) is 7.05 Å². The molecule has 2 heterocycles. The third kappa shape index (κ3) is 3.79. The van der Waals surface area contributed by atoms with Gasteiger partial charge in [-0.3, -0.25) is 0 Å². The summed E-state index contributed by atoms with van der Waals surface area (Å²) in [5.41, 5.74) is 0. The molecular formula is C12H21N3O3S. The van der Waals surface area contributed by atoms with Crippen LogP contribution in [-0.2, 0) is 16.6 Å². The Morgan fingerprint density at radius 3 is 2.89 bits per heavy atom. The number of nitrogens with one attached hydrogen (secondary N) is 2. The second kappa shape index (κ2) is 6.04. The highest BCUT2D eigenvalue weighted by Gasteiger charge is 2.24. The van der Waals surface area contributed by atoms with Gasteiger partial charge in [-0.05, 0) is 45.1 Å². The SMILES string of the molecule is CNCc1ccc(S(=O)(=O)NCC2CCN(C)C2)o1. The monoisotopic (exact) mass is 287 g/mol. The molecule has 1 saturated heterocycles. The van der Waals surface area contributed by atoms with Crippen molar-refractivity contribution in [3.05, 3.63) is 17.9 Å². The van der Waals surface area contributed by atoms with Gasteiger partial charge in [0.2, 0.25) is 5.09 Å². The van der Waals surface area contributed by atoms with E-state index in [9.17, 15) is 8.42 Å². The molecule has 1 aliphatic heterocycles. The third-order valence-corrected chi connectivity index (χ3v) is 4.60. The van der Waals surface area contributed by atoms with Crippen LogP contribution in [0.15, 0.2) is 21.6 Å². The van der Waals surface area contributed by atoms with Gasteiger partial charge in [-0.1, -0.05) is 0 Å². The highest BCUT2D eigenvalue weighted by molar-refractivity contribution is 7.89. The van der Waals surface area contributed by atoms with Crippen molar-refractivity contribution < 1.29 is 12.8 Å². The summed E-state index contributed by atoms with van der Waals surface area (Å²) in [6.07, 6.45) is 1.03. The third-order valence-electron chi connectivity index (χ3n) is 3.30. The van der Waals surface area contributed by atoms with Crippen LogP contribution in [0.3, 0.4) is 0 Å². The largest absolute Gasteiger partial charge is 0.447 e. The van der Waals surface area contributed by atoms with Crippen molar-refractivity contribution in [2.75, 3.05) is 33.7 Å². The number of hydrogen-bond acceptors (Lipinski definition) is 5. The lowest BCUT2D eigenvalue weighted by atomic mass is 10.1. The minimum absolute atomic E-state index is 0.0101. The minimum atomic E-state index is -3.53. The lowest BCUT2D eigenvalue weighted by Crippen LogP contribution is -2.30. The molecule has 0 aliphatic carbocycles. The molecule has 1 aromatic heterocycles. The summed E-state index contributed by atoms with van der Waals surface area (Å²) in [5, 5.41) is 2.91. The van der Waals surface area contributed by atoms with Gasteiger partial charge in [0.1, 0.15) is 5.76 Å². The number of likely N-dealkylation sites (tertiary alicyclic amines) is 1. The van der Waals surface area contributed by atoms with Crippen molar-refractivity contribution in [1.82, 2.24) is 14.9 Å². The maximum absolute atomic E-state index is 12.0. The first-order valence-corrected chi connectivity index (χ1v) is 7.91. The Balaban J connectivity index is 1.93. The molecule has 19 heavy (non-hydrogen) atoms. The highest BCUT2D eigenvalue weighted by atomic mass is 32.2. The molecule has 2 N–H and O–H groups in total. The number of rotatable bonds is 6. The van der Waals surface area contributed by atoms with E-state index in [-0.39, 0.29) is 5.09 Å². The maximum atomic E-state index is 12.0. The van der Waals surface area contributed by atoms with Gasteiger partial charge in [-0.25, -0.2) is 13.1 Å². The summed E-state index contributed by atoms with van der Waals surface area (Å²) in [6.45, 7) is 2.95. The Morgan fingerprint density at radius 1 is 1.47 bits per heavy atom. The Bertz CT molecular complexity index is 512. The second-order valence-corrected chi connectivity index (χ2v) is 6.72. The molecule has 1 aromatic rings. The van der Waals surface area contributed by atoms with Gasteiger partial charge in [-0.15, -0.1) is 0 Å². The standard InChI is InChI=1S/C12H21N3O3S/c1-13-8-11-3-4-12(18-11)19(16,17)14-7-10-5-6-15(2)9-10/h3-4,10,13-14H,5-9H2,1-2H3. The van der Waals surface area contributed by atoms with Gasteiger partial charge in [0.05, 0.1) is 6.54 Å². The predicted octanol–water partition coefficient (Wildman–Crippen LogP) is 0.229. The smallest absolute Gasteiger partial charge is 0.273 e. The van der Waals surface area contributed by atoms with Gasteiger partial charge in [0.25, 0.3) is 10.0 Å². The minimum Gasteiger partial charge on any atom is -0.447 e. The molecule has 0 saturated carbocycles. The molecule has 0 aromatic carbocycles. The fourth-order valence-electron chi connectivity index (χ4n) is 2.26. The van der Waals surface area contributed by atoms with Crippen molar-refractivity contribution >= 4 is 10.0 Å². The quantitative estimate of drug-likeness (QED) is 0.783. The van der Waals surface area contributed by atoms with Crippen LogP contribution in [0.5, 0.6) is 0 Å². The van der Waals surface area contributed by atoms with Crippen LogP contribution in [0.25, 0.3) is 0 Å². The van der Waals surface area contributed by atoms with Crippen LogP contribution in [0.4, 0.5) is 0 Å². The Labute approximate surface area is 114 Å². The molecule has 2 rings (SSSR count). The van der Waals surface area contributed by atoms with Crippen molar-refractivity contribution in [2.45, 2.75) is 18.1 Å². The van der Waals surface area contributed by atoms with Crippen molar-refractivity contribution in [1.29, 1.82) is 0 Å². The van der Waals surface area contributed by atoms with E-state index in [0.29, 0.717) is 24.8 Å². The summed E-state index contributed by atoms with van der Waals surface area (Å²) in [7, 11) is 0.304. The lowest BCUT2D eigenvalue weighted by molar-refractivity contribution is 0.389. The van der Waals surface area contributed by atoms with Crippen LogP contribution in [0.2, 0.25) is 0 Å². The lowest BCUT2D eigenvalue weighted by Gasteiger charge is -2.11. The topological polar surface area (TPSA) is 74.6 Å². The van der Waals surface area contributed by atoms with E-state index < -0.39 is 10.0 Å². The van der Waals surface area contributed by atoms with Gasteiger partial charge in [0.15, 0.2) is 0 Å². The Morgan fingerprint density at radius 2 is 2.26 bits per heavy atom. The molecule has 0 bridgehead atoms. The highest BCUT2D eigenvalue weighted by Crippen LogP contribution is 2.16. The number of furan rings is 1. The van der Waals surface area contributed by atoms with E-state index in [2.05, 4.69) is 14.9 Å². The first-order valence-electron chi connectivity index (χ1n) is 6.43. The number of hydrogen-bond donors (Lipinski definition) is 2. The Hall–Kier alpha value is -0.890. The summed E-state index contributed by atoms with van der Waals surface area (Å²) in [4.78, 5) is 2.21. The molecule has 0 amide bonds. The van der Waals surface area contributed by atoms with Gasteiger partial charge < -0.3 is 14.6 Å². The van der Waals surface area contributed by atoms with Gasteiger partial charge in [-0.2, -0.15) is 0 Å². The first kappa shape index (κ1) is 14.5. The molecule has 1 atom stereocenters. The maximum Gasteiger partial charge on any atom is 0.273 e. The van der Waals surface area contributed by atoms with Crippen LogP contribution in [0.1, 0.15) is 12.2 Å². The fraction of sp³-hybridized carbons (Fsp3) is 0.667. The van der Waals surface area contributed by atoms with Crippen molar-refractivity contribution in [2.24, 2.45) is 5.92 Å². The average Bonchev–Trinajstić information content (AvgIpc) is 2.97. The zero-order valence-electron chi connectivity index (χ0n) is 11.3. The molecule has 1 aliphatic rings. The van der Waals surface area contributed by atoms with E-state index >= 15 is 0 Å². The molecule has 0 spiro atoms. The first-order chi connectivity index (χ1) is 9.01. The number of nitrogens with zero attached hydrogens (tertiary/aromatic N) is 1. The summed E-state index contributed by atoms with van der Waals surface area (Å²) in [5.74, 6) is 0.995. The molecule has 1 unspecified atom stereocenters. The zero-order valence-corrected chi connectivity index (χ0v) is 12.2.